The molecule has 0 saturated carbocycles. The first-order valence-electron chi connectivity index (χ1n) is 4.54. The molecule has 1 aromatic rings. The van der Waals surface area contributed by atoms with E-state index in [1.807, 2.05) is 0 Å². The fraction of sp³-hybridized carbons (Fsp3) is 0.400. The quantitative estimate of drug-likeness (QED) is 0.883. The molecular formula is C10H13F2NO2S. The van der Waals surface area contributed by atoms with E-state index in [9.17, 15) is 17.2 Å². The standard InChI is InChI=1S/C10H13F2NO2S/c1-10(13,9(11)12)7-5-3-4-6-8(7)16(2,14)15/h3-6,9H,13H2,1-2H3. The van der Waals surface area contributed by atoms with E-state index < -0.39 is 21.8 Å². The van der Waals surface area contributed by atoms with Crippen LogP contribution in [-0.4, -0.2) is 21.1 Å². The van der Waals surface area contributed by atoms with Crippen molar-refractivity contribution in [3.63, 3.8) is 0 Å². The average Bonchev–Trinajstić information content (AvgIpc) is 2.16. The van der Waals surface area contributed by atoms with Gasteiger partial charge >= 0.3 is 0 Å². The Bertz CT molecular complexity index is 483. The number of alkyl halides is 2. The molecule has 0 aromatic heterocycles. The zero-order valence-corrected chi connectivity index (χ0v) is 9.76. The summed E-state index contributed by atoms with van der Waals surface area (Å²) in [4.78, 5) is -0.152. The average molecular weight is 249 g/mol. The Kier molecular flexibility index (Phi) is 3.35. The van der Waals surface area contributed by atoms with Crippen molar-refractivity contribution >= 4 is 9.84 Å². The third-order valence-corrected chi connectivity index (χ3v) is 3.48. The molecule has 3 nitrogen and oxygen atoms in total. The predicted molar refractivity (Wildman–Crippen MR) is 57.1 cm³/mol. The van der Waals surface area contributed by atoms with Crippen LogP contribution in [0.2, 0.25) is 0 Å². The van der Waals surface area contributed by atoms with E-state index in [0.29, 0.717) is 0 Å². The van der Waals surface area contributed by atoms with Crippen molar-refractivity contribution in [3.05, 3.63) is 29.8 Å². The molecule has 0 aliphatic rings. The van der Waals surface area contributed by atoms with Crippen LogP contribution in [0.3, 0.4) is 0 Å². The normalized spacial score (nSPS) is 16.1. The summed E-state index contributed by atoms with van der Waals surface area (Å²) >= 11 is 0. The minimum atomic E-state index is -3.56. The number of hydrogen-bond donors (Lipinski definition) is 1. The second-order valence-electron chi connectivity index (χ2n) is 3.85. The Hall–Kier alpha value is -1.01. The van der Waals surface area contributed by atoms with Crippen LogP contribution in [0.25, 0.3) is 0 Å². The van der Waals surface area contributed by atoms with Crippen LogP contribution in [0, 0.1) is 0 Å². The zero-order valence-electron chi connectivity index (χ0n) is 8.94. The van der Waals surface area contributed by atoms with Crippen LogP contribution in [0.15, 0.2) is 29.2 Å². The van der Waals surface area contributed by atoms with E-state index in [-0.39, 0.29) is 10.5 Å². The highest BCUT2D eigenvalue weighted by Crippen LogP contribution is 2.30. The molecule has 0 amide bonds. The molecule has 1 rings (SSSR count). The summed E-state index contributed by atoms with van der Waals surface area (Å²) < 4.78 is 48.3. The predicted octanol–water partition coefficient (Wildman–Crippen LogP) is 1.53. The maximum Gasteiger partial charge on any atom is 0.260 e. The van der Waals surface area contributed by atoms with Crippen molar-refractivity contribution in [3.8, 4) is 0 Å². The Morgan fingerprint density at radius 3 is 2.25 bits per heavy atom. The topological polar surface area (TPSA) is 60.2 Å². The Balaban J connectivity index is 3.47. The lowest BCUT2D eigenvalue weighted by molar-refractivity contribution is 0.0610. The number of rotatable bonds is 3. The molecule has 0 radical (unpaired) electrons. The number of sulfone groups is 1. The van der Waals surface area contributed by atoms with Crippen LogP contribution < -0.4 is 5.73 Å². The van der Waals surface area contributed by atoms with Crippen molar-refractivity contribution in [2.75, 3.05) is 6.26 Å². The molecular weight excluding hydrogens is 236 g/mol. The summed E-state index contributed by atoms with van der Waals surface area (Å²) in [5, 5.41) is 0. The summed E-state index contributed by atoms with van der Waals surface area (Å²) in [6.45, 7) is 1.11. The van der Waals surface area contributed by atoms with Crippen molar-refractivity contribution in [2.24, 2.45) is 5.73 Å². The molecule has 2 N–H and O–H groups in total. The summed E-state index contributed by atoms with van der Waals surface area (Å²) in [5.41, 5.74) is 3.43. The molecule has 0 spiro atoms. The molecule has 0 bridgehead atoms. The Morgan fingerprint density at radius 1 is 1.31 bits per heavy atom. The van der Waals surface area contributed by atoms with Crippen LogP contribution in [-0.2, 0) is 15.4 Å². The lowest BCUT2D eigenvalue weighted by Crippen LogP contribution is -2.41. The van der Waals surface area contributed by atoms with Gasteiger partial charge in [-0.15, -0.1) is 0 Å². The van der Waals surface area contributed by atoms with Crippen molar-refractivity contribution < 1.29 is 17.2 Å². The smallest absolute Gasteiger partial charge is 0.260 e. The van der Waals surface area contributed by atoms with Crippen LogP contribution in [0.1, 0.15) is 12.5 Å². The number of halogens is 2. The Labute approximate surface area is 93.2 Å². The number of nitrogens with two attached hydrogens (primary N) is 1. The van der Waals surface area contributed by atoms with Gasteiger partial charge in [-0.2, -0.15) is 0 Å². The van der Waals surface area contributed by atoms with E-state index in [1.165, 1.54) is 24.3 Å². The van der Waals surface area contributed by atoms with Gasteiger partial charge in [0, 0.05) is 6.26 Å². The fourth-order valence-electron chi connectivity index (χ4n) is 1.35. The monoisotopic (exact) mass is 249 g/mol. The lowest BCUT2D eigenvalue weighted by atomic mass is 9.94. The van der Waals surface area contributed by atoms with Gasteiger partial charge in [0.25, 0.3) is 6.43 Å². The molecule has 1 atom stereocenters. The van der Waals surface area contributed by atoms with Gasteiger partial charge in [0.05, 0.1) is 4.90 Å². The highest BCUT2D eigenvalue weighted by molar-refractivity contribution is 7.90. The minimum absolute atomic E-state index is 0.0625. The van der Waals surface area contributed by atoms with Gasteiger partial charge in [-0.25, -0.2) is 17.2 Å². The molecule has 0 fully saturated rings. The molecule has 0 aliphatic carbocycles. The maximum atomic E-state index is 12.7. The first-order chi connectivity index (χ1) is 7.17. The third kappa shape index (κ3) is 2.38. The zero-order chi connectivity index (χ0) is 12.6. The molecule has 0 saturated heterocycles. The van der Waals surface area contributed by atoms with Crippen LogP contribution in [0.5, 0.6) is 0 Å². The summed E-state index contributed by atoms with van der Waals surface area (Å²) in [5.74, 6) is 0. The second kappa shape index (κ2) is 4.10. The summed E-state index contributed by atoms with van der Waals surface area (Å²) in [6.07, 6.45) is -1.87. The molecule has 0 heterocycles. The fourth-order valence-corrected chi connectivity index (χ4v) is 2.37. The molecule has 0 aliphatic heterocycles. The van der Waals surface area contributed by atoms with E-state index in [2.05, 4.69) is 0 Å². The number of hydrogen-bond acceptors (Lipinski definition) is 3. The molecule has 1 aromatic carbocycles. The highest BCUT2D eigenvalue weighted by atomic mass is 32.2. The van der Waals surface area contributed by atoms with Crippen molar-refractivity contribution in [2.45, 2.75) is 23.8 Å². The second-order valence-corrected chi connectivity index (χ2v) is 5.84. The summed E-state index contributed by atoms with van der Waals surface area (Å²) in [6, 6.07) is 5.54. The lowest BCUT2D eigenvalue weighted by Gasteiger charge is -2.26. The third-order valence-electron chi connectivity index (χ3n) is 2.32. The Morgan fingerprint density at radius 2 is 1.81 bits per heavy atom. The van der Waals surface area contributed by atoms with Gasteiger partial charge in [-0.1, -0.05) is 18.2 Å². The largest absolute Gasteiger partial charge is 0.317 e. The molecule has 6 heteroatoms. The summed E-state index contributed by atoms with van der Waals surface area (Å²) in [7, 11) is -3.56. The first kappa shape index (κ1) is 13.1. The molecule has 16 heavy (non-hydrogen) atoms. The molecule has 1 unspecified atom stereocenters. The van der Waals surface area contributed by atoms with Gasteiger partial charge in [-0.3, -0.25) is 0 Å². The highest BCUT2D eigenvalue weighted by Gasteiger charge is 2.35. The maximum absolute atomic E-state index is 12.7. The van der Waals surface area contributed by atoms with E-state index >= 15 is 0 Å². The molecule has 90 valence electrons. The van der Waals surface area contributed by atoms with E-state index in [4.69, 9.17) is 5.73 Å². The van der Waals surface area contributed by atoms with E-state index in [1.54, 1.807) is 0 Å². The first-order valence-corrected chi connectivity index (χ1v) is 6.43. The van der Waals surface area contributed by atoms with Crippen LogP contribution >= 0.6 is 0 Å². The van der Waals surface area contributed by atoms with Gasteiger partial charge < -0.3 is 5.73 Å². The van der Waals surface area contributed by atoms with Gasteiger partial charge in [0.2, 0.25) is 0 Å². The van der Waals surface area contributed by atoms with Crippen LogP contribution in [0.4, 0.5) is 8.78 Å². The number of benzene rings is 1. The van der Waals surface area contributed by atoms with Crippen molar-refractivity contribution in [1.82, 2.24) is 0 Å². The van der Waals surface area contributed by atoms with Crippen molar-refractivity contribution in [1.29, 1.82) is 0 Å². The van der Waals surface area contributed by atoms with Gasteiger partial charge in [0.1, 0.15) is 5.54 Å². The SMILES string of the molecule is CC(N)(c1ccccc1S(C)(=O)=O)C(F)F. The van der Waals surface area contributed by atoms with E-state index in [0.717, 1.165) is 13.2 Å². The van der Waals surface area contributed by atoms with Gasteiger partial charge in [0.15, 0.2) is 9.84 Å². The van der Waals surface area contributed by atoms with Gasteiger partial charge in [-0.05, 0) is 18.6 Å². The minimum Gasteiger partial charge on any atom is -0.317 e.